The van der Waals surface area contributed by atoms with E-state index in [-0.39, 0.29) is 37.7 Å². The summed E-state index contributed by atoms with van der Waals surface area (Å²) in [6.45, 7) is 1.36. The number of esters is 1. The standard InChI is InChI=1S/C17H18N2O7/c1-10-5-14(20)12(13(10)8-19(22)23)7-17(21)25-9-11-6-16(26-18-11)15-3-2-4-24-15/h2-4,6,10,12-13H,5,7-9H2,1H3/t10-,12-,13-/m1/s1. The second-order valence-corrected chi connectivity index (χ2v) is 6.46. The molecule has 2 aromatic heterocycles. The van der Waals surface area contributed by atoms with Gasteiger partial charge in [-0.05, 0) is 18.1 Å². The van der Waals surface area contributed by atoms with Gasteiger partial charge in [-0.25, -0.2) is 0 Å². The van der Waals surface area contributed by atoms with Gasteiger partial charge in [0.1, 0.15) is 18.1 Å². The number of carbonyl (C=O) groups is 2. The van der Waals surface area contributed by atoms with Gasteiger partial charge in [0.15, 0.2) is 5.76 Å². The number of carbonyl (C=O) groups excluding carboxylic acids is 2. The Morgan fingerprint density at radius 1 is 1.46 bits per heavy atom. The third-order valence-corrected chi connectivity index (χ3v) is 4.63. The van der Waals surface area contributed by atoms with Crippen molar-refractivity contribution in [2.24, 2.45) is 17.8 Å². The number of ether oxygens (including phenoxy) is 1. The van der Waals surface area contributed by atoms with Crippen molar-refractivity contribution in [2.45, 2.75) is 26.4 Å². The van der Waals surface area contributed by atoms with Crippen molar-refractivity contribution < 1.29 is 28.2 Å². The Balaban J connectivity index is 1.55. The molecule has 0 saturated heterocycles. The van der Waals surface area contributed by atoms with E-state index in [1.165, 1.54) is 6.26 Å². The third-order valence-electron chi connectivity index (χ3n) is 4.63. The number of Topliss-reactive ketones (excluding diaryl/α,β-unsaturated/α-hetero) is 1. The molecule has 0 N–H and O–H groups in total. The van der Waals surface area contributed by atoms with Crippen LogP contribution in [-0.2, 0) is 20.9 Å². The number of hydrogen-bond acceptors (Lipinski definition) is 8. The van der Waals surface area contributed by atoms with E-state index in [0.717, 1.165) is 0 Å². The van der Waals surface area contributed by atoms with Crippen molar-refractivity contribution in [2.75, 3.05) is 6.54 Å². The predicted octanol–water partition coefficient (Wildman–Crippen LogP) is 2.49. The molecule has 0 aromatic carbocycles. The van der Waals surface area contributed by atoms with Crippen molar-refractivity contribution in [3.8, 4) is 11.5 Å². The lowest BCUT2D eigenvalue weighted by atomic mass is 9.88. The molecule has 0 bridgehead atoms. The number of aromatic nitrogens is 1. The van der Waals surface area contributed by atoms with Crippen molar-refractivity contribution in [1.82, 2.24) is 5.16 Å². The average molecular weight is 362 g/mol. The van der Waals surface area contributed by atoms with E-state index in [1.807, 2.05) is 0 Å². The molecule has 0 aliphatic heterocycles. The minimum absolute atomic E-state index is 0.112. The van der Waals surface area contributed by atoms with Crippen LogP contribution < -0.4 is 0 Å². The van der Waals surface area contributed by atoms with E-state index >= 15 is 0 Å². The molecule has 3 rings (SSSR count). The van der Waals surface area contributed by atoms with Gasteiger partial charge in [0.25, 0.3) is 0 Å². The molecule has 0 amide bonds. The molecule has 0 radical (unpaired) electrons. The van der Waals surface area contributed by atoms with Gasteiger partial charge in [0.05, 0.1) is 12.7 Å². The molecule has 1 aliphatic rings. The fourth-order valence-electron chi connectivity index (χ4n) is 3.31. The van der Waals surface area contributed by atoms with E-state index in [4.69, 9.17) is 13.7 Å². The zero-order valence-electron chi connectivity index (χ0n) is 14.1. The van der Waals surface area contributed by atoms with Crippen LogP contribution in [0, 0.1) is 27.9 Å². The highest BCUT2D eigenvalue weighted by atomic mass is 16.6. The SMILES string of the molecule is C[C@@H]1CC(=O)[C@H](CC(=O)OCc2cc(-c3ccco3)on2)[C@@H]1C[N+](=O)[O-]. The van der Waals surface area contributed by atoms with Crippen molar-refractivity contribution >= 4 is 11.8 Å². The summed E-state index contributed by atoms with van der Waals surface area (Å²) in [6, 6.07) is 5.00. The maximum atomic E-state index is 12.1. The van der Waals surface area contributed by atoms with Crippen LogP contribution in [0.2, 0.25) is 0 Å². The number of nitro groups is 1. The van der Waals surface area contributed by atoms with Gasteiger partial charge in [-0.3, -0.25) is 19.7 Å². The highest BCUT2D eigenvalue weighted by Crippen LogP contribution is 2.36. The molecule has 1 fully saturated rings. The van der Waals surface area contributed by atoms with Gasteiger partial charge >= 0.3 is 5.97 Å². The minimum atomic E-state index is -0.668. The lowest BCUT2D eigenvalue weighted by Crippen LogP contribution is -2.27. The van der Waals surface area contributed by atoms with Crippen LogP contribution in [0.4, 0.5) is 0 Å². The fourth-order valence-corrected chi connectivity index (χ4v) is 3.31. The molecule has 2 aromatic rings. The largest absolute Gasteiger partial charge is 0.461 e. The molecule has 1 aliphatic carbocycles. The first-order chi connectivity index (χ1) is 12.4. The molecule has 0 unspecified atom stereocenters. The van der Waals surface area contributed by atoms with Crippen molar-refractivity contribution in [1.29, 1.82) is 0 Å². The maximum Gasteiger partial charge on any atom is 0.306 e. The highest BCUT2D eigenvalue weighted by molar-refractivity contribution is 5.87. The summed E-state index contributed by atoms with van der Waals surface area (Å²) in [4.78, 5) is 34.5. The van der Waals surface area contributed by atoms with Crippen molar-refractivity contribution in [3.05, 3.63) is 40.3 Å². The molecule has 1 saturated carbocycles. The average Bonchev–Trinajstić information content (AvgIpc) is 3.29. The molecule has 0 spiro atoms. The van der Waals surface area contributed by atoms with Gasteiger partial charge in [-0.15, -0.1) is 0 Å². The van der Waals surface area contributed by atoms with E-state index in [1.54, 1.807) is 25.1 Å². The van der Waals surface area contributed by atoms with Crippen LogP contribution in [0.25, 0.3) is 11.5 Å². The molecular formula is C17H18N2O7. The first-order valence-corrected chi connectivity index (χ1v) is 8.23. The summed E-state index contributed by atoms with van der Waals surface area (Å²) in [7, 11) is 0. The molecule has 3 atom stereocenters. The van der Waals surface area contributed by atoms with E-state index < -0.39 is 22.7 Å². The normalized spacial score (nSPS) is 22.5. The van der Waals surface area contributed by atoms with Crippen molar-refractivity contribution in [3.63, 3.8) is 0 Å². The number of nitrogens with zero attached hydrogens (tertiary/aromatic N) is 2. The first kappa shape index (κ1) is 17.8. The highest BCUT2D eigenvalue weighted by Gasteiger charge is 2.44. The smallest absolute Gasteiger partial charge is 0.306 e. The van der Waals surface area contributed by atoms with Gasteiger partial charge in [0.2, 0.25) is 12.3 Å². The van der Waals surface area contributed by atoms with Crippen LogP contribution in [-0.4, -0.2) is 28.4 Å². The Labute approximate surface area is 148 Å². The van der Waals surface area contributed by atoms with Gasteiger partial charge in [-0.2, -0.15) is 0 Å². The minimum Gasteiger partial charge on any atom is -0.461 e. The Bertz CT molecular complexity index is 796. The van der Waals surface area contributed by atoms with E-state index in [0.29, 0.717) is 17.2 Å². The summed E-state index contributed by atoms with van der Waals surface area (Å²) in [5.74, 6) is -1.02. The Kier molecular flexibility index (Phi) is 5.15. The van der Waals surface area contributed by atoms with Gasteiger partial charge < -0.3 is 13.7 Å². The lowest BCUT2D eigenvalue weighted by molar-refractivity contribution is -0.490. The second-order valence-electron chi connectivity index (χ2n) is 6.46. The Hall–Kier alpha value is -2.97. The topological polar surface area (TPSA) is 126 Å². The Morgan fingerprint density at radius 2 is 2.27 bits per heavy atom. The lowest BCUT2D eigenvalue weighted by Gasteiger charge is -2.16. The first-order valence-electron chi connectivity index (χ1n) is 8.23. The summed E-state index contributed by atoms with van der Waals surface area (Å²) in [5.41, 5.74) is 0.401. The molecular weight excluding hydrogens is 344 g/mol. The fraction of sp³-hybridized carbons (Fsp3) is 0.471. The van der Waals surface area contributed by atoms with Crippen LogP contribution in [0.5, 0.6) is 0 Å². The maximum absolute atomic E-state index is 12.1. The van der Waals surface area contributed by atoms with Gasteiger partial charge in [0, 0.05) is 29.2 Å². The molecule has 9 heteroatoms. The number of hydrogen-bond donors (Lipinski definition) is 0. The van der Waals surface area contributed by atoms with Crippen LogP contribution >= 0.6 is 0 Å². The number of rotatable bonds is 7. The summed E-state index contributed by atoms with van der Waals surface area (Å²) in [5, 5.41) is 14.6. The summed E-state index contributed by atoms with van der Waals surface area (Å²) < 4.78 is 15.4. The summed E-state index contributed by atoms with van der Waals surface area (Å²) in [6.07, 6.45) is 1.59. The number of ketones is 1. The second kappa shape index (κ2) is 7.51. The predicted molar refractivity (Wildman–Crippen MR) is 86.2 cm³/mol. The van der Waals surface area contributed by atoms with Crippen LogP contribution in [0.1, 0.15) is 25.5 Å². The zero-order chi connectivity index (χ0) is 18.7. The molecule has 2 heterocycles. The third kappa shape index (κ3) is 3.98. The molecule has 9 nitrogen and oxygen atoms in total. The summed E-state index contributed by atoms with van der Waals surface area (Å²) >= 11 is 0. The van der Waals surface area contributed by atoms with Crippen LogP contribution in [0.3, 0.4) is 0 Å². The monoisotopic (exact) mass is 362 g/mol. The zero-order valence-corrected chi connectivity index (χ0v) is 14.1. The van der Waals surface area contributed by atoms with Crippen LogP contribution in [0.15, 0.2) is 33.4 Å². The van der Waals surface area contributed by atoms with E-state index in [2.05, 4.69) is 5.16 Å². The van der Waals surface area contributed by atoms with E-state index in [9.17, 15) is 19.7 Å². The molecule has 26 heavy (non-hydrogen) atoms. The Morgan fingerprint density at radius 3 is 2.96 bits per heavy atom. The number of furan rings is 1. The van der Waals surface area contributed by atoms with Gasteiger partial charge in [-0.1, -0.05) is 12.1 Å². The molecule has 138 valence electrons. The quantitative estimate of drug-likeness (QED) is 0.418.